The molecule has 2 aromatic rings. The van der Waals surface area contributed by atoms with E-state index in [9.17, 15) is 4.79 Å². The lowest BCUT2D eigenvalue weighted by Crippen LogP contribution is -2.26. The Morgan fingerprint density at radius 3 is 2.60 bits per heavy atom. The van der Waals surface area contributed by atoms with Gasteiger partial charge in [-0.2, -0.15) is 0 Å². The molecule has 0 spiro atoms. The monoisotopic (exact) mass is 292 g/mol. The average molecular weight is 293 g/mol. The fourth-order valence-electron chi connectivity index (χ4n) is 2.47. The molecule has 1 aromatic heterocycles. The number of aromatic nitrogens is 2. The number of halogens is 1. The molecule has 6 heteroatoms. The van der Waals surface area contributed by atoms with Crippen LogP contribution in [0, 0.1) is 0 Å². The van der Waals surface area contributed by atoms with Gasteiger partial charge in [-0.1, -0.05) is 11.6 Å². The maximum atomic E-state index is 12.0. The number of ether oxygens (including phenoxy) is 2. The van der Waals surface area contributed by atoms with E-state index in [1.54, 1.807) is 18.8 Å². The summed E-state index contributed by atoms with van der Waals surface area (Å²) in [5.41, 5.74) is 1.78. The number of benzene rings is 1. The van der Waals surface area contributed by atoms with Gasteiger partial charge in [0, 0.05) is 18.2 Å². The second kappa shape index (κ2) is 4.83. The molecule has 1 aromatic carbocycles. The van der Waals surface area contributed by atoms with Gasteiger partial charge in [0.05, 0.1) is 14.2 Å². The zero-order chi connectivity index (χ0) is 14.3. The lowest BCUT2D eigenvalue weighted by Gasteiger charge is -2.22. The summed E-state index contributed by atoms with van der Waals surface area (Å²) in [4.78, 5) is 16.2. The second-order valence-electron chi connectivity index (χ2n) is 4.51. The number of hydrogen-bond donors (Lipinski definition) is 0. The van der Waals surface area contributed by atoms with Crippen molar-refractivity contribution < 1.29 is 9.47 Å². The van der Waals surface area contributed by atoms with E-state index >= 15 is 0 Å². The van der Waals surface area contributed by atoms with E-state index < -0.39 is 0 Å². The molecule has 1 aliphatic heterocycles. The van der Waals surface area contributed by atoms with Crippen molar-refractivity contribution in [2.75, 3.05) is 14.2 Å². The van der Waals surface area contributed by atoms with Gasteiger partial charge in [-0.15, -0.1) is 0 Å². The summed E-state index contributed by atoms with van der Waals surface area (Å²) >= 11 is 5.90. The van der Waals surface area contributed by atoms with Gasteiger partial charge in [-0.05, 0) is 24.1 Å². The van der Waals surface area contributed by atoms with Crippen LogP contribution in [0.2, 0.25) is 5.15 Å². The van der Waals surface area contributed by atoms with Crippen LogP contribution in [0.25, 0.3) is 11.4 Å². The van der Waals surface area contributed by atoms with Crippen LogP contribution in [0.15, 0.2) is 23.0 Å². The van der Waals surface area contributed by atoms with Crippen molar-refractivity contribution in [1.29, 1.82) is 0 Å². The Balaban J connectivity index is 2.28. The first-order valence-corrected chi connectivity index (χ1v) is 6.54. The van der Waals surface area contributed by atoms with Crippen molar-refractivity contribution in [2.24, 2.45) is 0 Å². The summed E-state index contributed by atoms with van der Waals surface area (Å²) in [5.74, 6) is 1.85. The van der Waals surface area contributed by atoms with Gasteiger partial charge in [0.1, 0.15) is 11.0 Å². The zero-order valence-corrected chi connectivity index (χ0v) is 11.9. The molecule has 5 nitrogen and oxygen atoms in total. The van der Waals surface area contributed by atoms with E-state index in [2.05, 4.69) is 4.98 Å². The molecule has 20 heavy (non-hydrogen) atoms. The highest BCUT2D eigenvalue weighted by atomic mass is 35.5. The number of fused-ring (bicyclic) bond motifs is 3. The predicted octanol–water partition coefficient (Wildman–Crippen LogP) is 2.14. The molecule has 1 aliphatic rings. The van der Waals surface area contributed by atoms with E-state index in [0.29, 0.717) is 23.9 Å². The average Bonchev–Trinajstić information content (AvgIpc) is 2.45. The highest BCUT2D eigenvalue weighted by Crippen LogP contribution is 2.37. The number of methoxy groups -OCH3 is 2. The van der Waals surface area contributed by atoms with Crippen molar-refractivity contribution in [3.05, 3.63) is 39.3 Å². The molecule has 0 aliphatic carbocycles. The van der Waals surface area contributed by atoms with Gasteiger partial charge in [-0.3, -0.25) is 9.36 Å². The summed E-state index contributed by atoms with van der Waals surface area (Å²) in [7, 11) is 3.17. The molecule has 0 amide bonds. The molecule has 0 saturated carbocycles. The van der Waals surface area contributed by atoms with Gasteiger partial charge in [0.25, 0.3) is 5.56 Å². The molecule has 0 fully saturated rings. The lowest BCUT2D eigenvalue weighted by atomic mass is 9.99. The predicted molar refractivity (Wildman–Crippen MR) is 75.8 cm³/mol. The van der Waals surface area contributed by atoms with Crippen LogP contribution < -0.4 is 15.0 Å². The van der Waals surface area contributed by atoms with E-state index in [0.717, 1.165) is 17.5 Å². The molecule has 0 radical (unpaired) electrons. The number of rotatable bonds is 2. The molecule has 104 valence electrons. The van der Waals surface area contributed by atoms with Crippen LogP contribution >= 0.6 is 11.6 Å². The summed E-state index contributed by atoms with van der Waals surface area (Å²) < 4.78 is 12.2. The molecule has 0 bridgehead atoms. The second-order valence-corrected chi connectivity index (χ2v) is 4.89. The van der Waals surface area contributed by atoms with Gasteiger partial charge < -0.3 is 9.47 Å². The minimum Gasteiger partial charge on any atom is -0.493 e. The third-order valence-electron chi connectivity index (χ3n) is 3.43. The van der Waals surface area contributed by atoms with E-state index in [-0.39, 0.29) is 10.7 Å². The van der Waals surface area contributed by atoms with Crippen molar-refractivity contribution in [2.45, 2.75) is 13.0 Å². The Kier molecular flexibility index (Phi) is 3.14. The summed E-state index contributed by atoms with van der Waals surface area (Å²) in [6.07, 6.45) is 0.742. The Hall–Kier alpha value is -2.01. The first kappa shape index (κ1) is 13.0. The van der Waals surface area contributed by atoms with Gasteiger partial charge >= 0.3 is 0 Å². The van der Waals surface area contributed by atoms with E-state index in [1.807, 2.05) is 12.1 Å². The highest BCUT2D eigenvalue weighted by Gasteiger charge is 2.21. The SMILES string of the molecule is COc1cc2c(cc1OC)-c1nc(Cl)cc(=O)n1CC2. The van der Waals surface area contributed by atoms with Crippen LogP contribution in [0.5, 0.6) is 11.5 Å². The number of nitrogens with zero attached hydrogens (tertiary/aromatic N) is 2. The lowest BCUT2D eigenvalue weighted by molar-refractivity contribution is 0.354. The maximum Gasteiger partial charge on any atom is 0.255 e. The smallest absolute Gasteiger partial charge is 0.255 e. The molecule has 0 unspecified atom stereocenters. The molecular weight excluding hydrogens is 280 g/mol. The fraction of sp³-hybridized carbons (Fsp3) is 0.286. The van der Waals surface area contributed by atoms with Gasteiger partial charge in [-0.25, -0.2) is 4.98 Å². The van der Waals surface area contributed by atoms with Crippen molar-refractivity contribution in [3.63, 3.8) is 0 Å². The van der Waals surface area contributed by atoms with Crippen LogP contribution in [0.1, 0.15) is 5.56 Å². The molecule has 0 N–H and O–H groups in total. The fourth-order valence-corrected chi connectivity index (χ4v) is 2.64. The van der Waals surface area contributed by atoms with E-state index in [1.165, 1.54) is 6.07 Å². The number of aryl methyl sites for hydroxylation is 1. The maximum absolute atomic E-state index is 12.0. The molecule has 3 rings (SSSR count). The number of hydrogen-bond acceptors (Lipinski definition) is 4. The summed E-state index contributed by atoms with van der Waals surface area (Å²) in [5, 5.41) is 0.198. The van der Waals surface area contributed by atoms with Gasteiger partial charge in [0.15, 0.2) is 11.5 Å². The topological polar surface area (TPSA) is 53.4 Å². The Labute approximate surface area is 120 Å². The third kappa shape index (κ3) is 1.94. The Bertz CT molecular complexity index is 740. The van der Waals surface area contributed by atoms with Gasteiger partial charge in [0.2, 0.25) is 0 Å². The van der Waals surface area contributed by atoms with Crippen molar-refractivity contribution in [3.8, 4) is 22.9 Å². The Morgan fingerprint density at radius 1 is 1.20 bits per heavy atom. The summed E-state index contributed by atoms with van der Waals surface area (Å²) in [6.45, 7) is 0.584. The molecular formula is C14H13ClN2O3. The first-order valence-electron chi connectivity index (χ1n) is 6.16. The Morgan fingerprint density at radius 2 is 1.90 bits per heavy atom. The van der Waals surface area contributed by atoms with Crippen molar-refractivity contribution >= 4 is 11.6 Å². The molecule has 0 saturated heterocycles. The van der Waals surface area contributed by atoms with Crippen LogP contribution in [0.3, 0.4) is 0 Å². The van der Waals surface area contributed by atoms with Crippen LogP contribution in [0.4, 0.5) is 0 Å². The molecule has 2 heterocycles. The standard InChI is InChI=1S/C14H13ClN2O3/c1-19-10-5-8-3-4-17-13(18)7-12(15)16-14(17)9(8)6-11(10)20-2/h5-7H,3-4H2,1-2H3. The molecule has 0 atom stereocenters. The highest BCUT2D eigenvalue weighted by molar-refractivity contribution is 6.29. The van der Waals surface area contributed by atoms with Crippen LogP contribution in [-0.2, 0) is 13.0 Å². The van der Waals surface area contributed by atoms with E-state index in [4.69, 9.17) is 21.1 Å². The quantitative estimate of drug-likeness (QED) is 0.796. The zero-order valence-electron chi connectivity index (χ0n) is 11.1. The van der Waals surface area contributed by atoms with Crippen LogP contribution in [-0.4, -0.2) is 23.8 Å². The minimum absolute atomic E-state index is 0.138. The van der Waals surface area contributed by atoms with Crippen molar-refractivity contribution in [1.82, 2.24) is 9.55 Å². The summed E-state index contributed by atoms with van der Waals surface area (Å²) in [6, 6.07) is 5.09. The normalized spacial score (nSPS) is 12.6. The largest absolute Gasteiger partial charge is 0.493 e. The minimum atomic E-state index is -0.138. The first-order chi connectivity index (χ1) is 9.63. The third-order valence-corrected chi connectivity index (χ3v) is 3.63.